The monoisotopic (exact) mass is 464 g/mol. The van der Waals surface area contributed by atoms with Crippen molar-refractivity contribution >= 4 is 18.0 Å². The molecule has 2 aliphatic carbocycles. The van der Waals surface area contributed by atoms with Crippen LogP contribution >= 0.6 is 0 Å². The van der Waals surface area contributed by atoms with Gasteiger partial charge in [0.05, 0.1) is 5.92 Å². The van der Waals surface area contributed by atoms with Gasteiger partial charge in [0, 0.05) is 24.9 Å². The fourth-order valence-corrected chi connectivity index (χ4v) is 5.18. The average Bonchev–Trinajstić information content (AvgIpc) is 3.40. The van der Waals surface area contributed by atoms with Crippen LogP contribution in [-0.4, -0.2) is 42.3 Å². The Bertz CT molecular complexity index is 1010. The molecular formula is C27H32N2O5. The number of carboxylic acids is 1. The van der Waals surface area contributed by atoms with E-state index in [4.69, 9.17) is 4.74 Å². The van der Waals surface area contributed by atoms with E-state index in [9.17, 15) is 19.5 Å². The first-order valence-corrected chi connectivity index (χ1v) is 12.0. The van der Waals surface area contributed by atoms with E-state index in [1.54, 1.807) is 0 Å². The average molecular weight is 465 g/mol. The third-order valence-electron chi connectivity index (χ3n) is 6.96. The minimum absolute atomic E-state index is 0.0194. The summed E-state index contributed by atoms with van der Waals surface area (Å²) in [5.74, 6) is -1.39. The Kier molecular flexibility index (Phi) is 7.50. The lowest BCUT2D eigenvalue weighted by molar-refractivity contribution is -0.142. The van der Waals surface area contributed by atoms with Gasteiger partial charge in [0.2, 0.25) is 5.91 Å². The smallest absolute Gasteiger partial charge is 0.407 e. The summed E-state index contributed by atoms with van der Waals surface area (Å²) in [7, 11) is 0. The molecule has 34 heavy (non-hydrogen) atoms. The number of nitrogens with one attached hydrogen (secondary N) is 2. The molecule has 1 fully saturated rings. The van der Waals surface area contributed by atoms with Crippen molar-refractivity contribution < 1.29 is 24.2 Å². The van der Waals surface area contributed by atoms with E-state index in [1.165, 1.54) is 22.3 Å². The molecule has 0 radical (unpaired) electrons. The van der Waals surface area contributed by atoms with Gasteiger partial charge in [0.15, 0.2) is 0 Å². The second kappa shape index (κ2) is 10.7. The summed E-state index contributed by atoms with van der Waals surface area (Å²) in [6.07, 6.45) is 2.61. The molecule has 7 heteroatoms. The Hall–Kier alpha value is -3.35. The predicted octanol–water partition coefficient (Wildman–Crippen LogP) is 4.31. The number of amides is 2. The molecule has 2 aromatic carbocycles. The molecule has 0 aliphatic heterocycles. The molecule has 0 bridgehead atoms. The first-order chi connectivity index (χ1) is 16.4. The fourth-order valence-electron chi connectivity index (χ4n) is 5.18. The summed E-state index contributed by atoms with van der Waals surface area (Å²) in [6.45, 7) is 2.62. The number of ether oxygens (including phenoxy) is 1. The second-order valence-electron chi connectivity index (χ2n) is 9.40. The number of hydrogen-bond acceptors (Lipinski definition) is 4. The number of rotatable bonds is 9. The molecule has 2 amide bonds. The van der Waals surface area contributed by atoms with Gasteiger partial charge in [0.1, 0.15) is 6.61 Å². The van der Waals surface area contributed by atoms with Crippen LogP contribution in [0.3, 0.4) is 0 Å². The molecule has 3 atom stereocenters. The van der Waals surface area contributed by atoms with Crippen molar-refractivity contribution in [3.63, 3.8) is 0 Å². The molecule has 2 aromatic rings. The molecule has 0 heterocycles. The molecule has 4 rings (SSSR count). The standard InChI is InChI=1S/C27H32N2O5/c1-17(15-25(30)29-24-12-6-11-22(24)26(31)32)13-14-28-27(33)34-16-23-20-9-4-2-7-18(20)19-8-3-5-10-21(19)23/h2-5,7-10,17,22-24H,6,11-16H2,1H3,(H,28,33)(H,29,30)(H,31,32)/t17?,22-,24+/m1/s1. The van der Waals surface area contributed by atoms with E-state index < -0.39 is 18.0 Å². The Morgan fingerprint density at radius 3 is 2.32 bits per heavy atom. The van der Waals surface area contributed by atoms with Crippen LogP contribution < -0.4 is 10.6 Å². The van der Waals surface area contributed by atoms with Gasteiger partial charge in [-0.2, -0.15) is 0 Å². The summed E-state index contributed by atoms with van der Waals surface area (Å²) >= 11 is 0. The lowest BCUT2D eigenvalue weighted by atomic mass is 9.98. The molecule has 7 nitrogen and oxygen atoms in total. The van der Waals surface area contributed by atoms with E-state index in [2.05, 4.69) is 34.9 Å². The lowest BCUT2D eigenvalue weighted by Gasteiger charge is -2.19. The first-order valence-electron chi connectivity index (χ1n) is 12.0. The van der Waals surface area contributed by atoms with Crippen molar-refractivity contribution in [2.45, 2.75) is 51.0 Å². The van der Waals surface area contributed by atoms with Gasteiger partial charge in [-0.3, -0.25) is 9.59 Å². The number of hydrogen-bond donors (Lipinski definition) is 3. The van der Waals surface area contributed by atoms with Crippen LogP contribution in [0.1, 0.15) is 56.1 Å². The number of carbonyl (C=O) groups excluding carboxylic acids is 2. The zero-order valence-corrected chi connectivity index (χ0v) is 19.5. The lowest BCUT2D eigenvalue weighted by Crippen LogP contribution is -2.40. The summed E-state index contributed by atoms with van der Waals surface area (Å²) < 4.78 is 5.54. The fraction of sp³-hybridized carbons (Fsp3) is 0.444. The zero-order chi connectivity index (χ0) is 24.1. The van der Waals surface area contributed by atoms with Crippen molar-refractivity contribution in [2.24, 2.45) is 11.8 Å². The number of aliphatic carboxylic acids is 1. The molecule has 3 N–H and O–H groups in total. The number of carboxylic acid groups (broad SMARTS) is 1. The molecule has 0 spiro atoms. The molecule has 0 aromatic heterocycles. The molecule has 1 saturated carbocycles. The minimum Gasteiger partial charge on any atom is -0.481 e. The summed E-state index contributed by atoms with van der Waals surface area (Å²) in [4.78, 5) is 35.9. The highest BCUT2D eigenvalue weighted by Crippen LogP contribution is 2.44. The van der Waals surface area contributed by atoms with Crippen molar-refractivity contribution in [1.29, 1.82) is 0 Å². The number of benzene rings is 2. The van der Waals surface area contributed by atoms with Gasteiger partial charge < -0.3 is 20.5 Å². The van der Waals surface area contributed by atoms with Crippen LogP contribution in [0.2, 0.25) is 0 Å². The minimum atomic E-state index is -0.844. The maximum absolute atomic E-state index is 12.3. The van der Waals surface area contributed by atoms with Crippen LogP contribution in [0.4, 0.5) is 4.79 Å². The predicted molar refractivity (Wildman–Crippen MR) is 128 cm³/mol. The largest absolute Gasteiger partial charge is 0.481 e. The van der Waals surface area contributed by atoms with Crippen LogP contribution in [-0.2, 0) is 14.3 Å². The van der Waals surface area contributed by atoms with Crippen molar-refractivity contribution in [2.75, 3.05) is 13.2 Å². The van der Waals surface area contributed by atoms with Gasteiger partial charge in [-0.1, -0.05) is 61.9 Å². The Morgan fingerprint density at radius 1 is 1.03 bits per heavy atom. The van der Waals surface area contributed by atoms with Gasteiger partial charge in [-0.05, 0) is 47.4 Å². The van der Waals surface area contributed by atoms with Gasteiger partial charge in [0.25, 0.3) is 0 Å². The summed E-state index contributed by atoms with van der Waals surface area (Å²) in [6, 6.07) is 16.1. The zero-order valence-electron chi connectivity index (χ0n) is 19.5. The number of fused-ring (bicyclic) bond motifs is 3. The van der Waals surface area contributed by atoms with Gasteiger partial charge in [-0.15, -0.1) is 0 Å². The number of carbonyl (C=O) groups is 3. The Morgan fingerprint density at radius 2 is 1.68 bits per heavy atom. The molecule has 2 aliphatic rings. The van der Waals surface area contributed by atoms with Crippen LogP contribution in [0, 0.1) is 11.8 Å². The molecular weight excluding hydrogens is 432 g/mol. The first kappa shape index (κ1) is 23.8. The van der Waals surface area contributed by atoms with E-state index in [0.29, 0.717) is 32.2 Å². The third-order valence-corrected chi connectivity index (χ3v) is 6.96. The van der Waals surface area contributed by atoms with Crippen molar-refractivity contribution in [3.05, 3.63) is 59.7 Å². The van der Waals surface area contributed by atoms with E-state index in [1.807, 2.05) is 31.2 Å². The quantitative estimate of drug-likeness (QED) is 0.513. The molecule has 1 unspecified atom stereocenters. The summed E-state index contributed by atoms with van der Waals surface area (Å²) in [5, 5.41) is 14.9. The highest BCUT2D eigenvalue weighted by molar-refractivity contribution is 5.79. The molecule has 0 saturated heterocycles. The Balaban J connectivity index is 1.19. The van der Waals surface area contributed by atoms with Crippen LogP contribution in [0.15, 0.2) is 48.5 Å². The Labute approximate surface area is 199 Å². The second-order valence-corrected chi connectivity index (χ2v) is 9.40. The van der Waals surface area contributed by atoms with Crippen LogP contribution in [0.25, 0.3) is 11.1 Å². The van der Waals surface area contributed by atoms with E-state index in [-0.39, 0.29) is 30.4 Å². The topological polar surface area (TPSA) is 105 Å². The maximum atomic E-state index is 12.3. The number of alkyl carbamates (subject to hydrolysis) is 1. The van der Waals surface area contributed by atoms with Gasteiger partial charge in [-0.25, -0.2) is 4.79 Å². The third kappa shape index (κ3) is 5.41. The van der Waals surface area contributed by atoms with Gasteiger partial charge >= 0.3 is 12.1 Å². The van der Waals surface area contributed by atoms with Crippen LogP contribution in [0.5, 0.6) is 0 Å². The SMILES string of the molecule is CC(CCNC(=O)OCC1c2ccccc2-c2ccccc21)CC(=O)N[C@H]1CCC[C@H]1C(=O)O. The van der Waals surface area contributed by atoms with E-state index >= 15 is 0 Å². The highest BCUT2D eigenvalue weighted by atomic mass is 16.5. The van der Waals surface area contributed by atoms with Crippen molar-refractivity contribution in [3.8, 4) is 11.1 Å². The molecule has 180 valence electrons. The van der Waals surface area contributed by atoms with E-state index in [0.717, 1.165) is 6.42 Å². The maximum Gasteiger partial charge on any atom is 0.407 e. The highest BCUT2D eigenvalue weighted by Gasteiger charge is 2.34. The van der Waals surface area contributed by atoms with Crippen molar-refractivity contribution in [1.82, 2.24) is 10.6 Å². The normalized spacial score (nSPS) is 19.7. The summed E-state index contributed by atoms with van der Waals surface area (Å²) in [5.41, 5.74) is 4.71.